The highest BCUT2D eigenvalue weighted by Crippen LogP contribution is 2.19. The van der Waals surface area contributed by atoms with Crippen LogP contribution in [0.25, 0.3) is 5.57 Å². The minimum Gasteiger partial charge on any atom is -0.192 e. The molecular formula is C14H13N. The van der Waals surface area contributed by atoms with Crippen molar-refractivity contribution in [3.8, 4) is 6.07 Å². The maximum Gasteiger partial charge on any atom is 0.0998 e. The van der Waals surface area contributed by atoms with Crippen molar-refractivity contribution < 1.29 is 0 Å². The van der Waals surface area contributed by atoms with Crippen LogP contribution in [0.1, 0.15) is 18.1 Å². The standard InChI is InChI=1S/C14H13N/c1-3-7-12(8-4-2)14-10-6-5-9-13(14)11-15/h3-10H,1H2,2H3/b8-4-,12-7+. The molecule has 0 atom stereocenters. The third-order valence-electron chi connectivity index (χ3n) is 2.00. The van der Waals surface area contributed by atoms with E-state index in [2.05, 4.69) is 12.6 Å². The molecule has 0 N–H and O–H groups in total. The van der Waals surface area contributed by atoms with Gasteiger partial charge in [-0.15, -0.1) is 0 Å². The van der Waals surface area contributed by atoms with E-state index in [4.69, 9.17) is 5.26 Å². The molecule has 0 aliphatic heterocycles. The summed E-state index contributed by atoms with van der Waals surface area (Å²) in [7, 11) is 0. The Labute approximate surface area is 90.7 Å². The Kier molecular flexibility index (Phi) is 4.12. The first-order chi connectivity index (χ1) is 7.33. The van der Waals surface area contributed by atoms with Gasteiger partial charge in [0.25, 0.3) is 0 Å². The summed E-state index contributed by atoms with van der Waals surface area (Å²) in [6.45, 7) is 5.62. The number of rotatable bonds is 3. The molecular weight excluding hydrogens is 182 g/mol. The van der Waals surface area contributed by atoms with Crippen molar-refractivity contribution in [2.75, 3.05) is 0 Å². The molecule has 0 saturated heterocycles. The topological polar surface area (TPSA) is 23.8 Å². The van der Waals surface area contributed by atoms with Gasteiger partial charge in [0.1, 0.15) is 0 Å². The zero-order valence-corrected chi connectivity index (χ0v) is 8.77. The molecule has 0 saturated carbocycles. The van der Waals surface area contributed by atoms with E-state index in [9.17, 15) is 0 Å². The number of nitriles is 1. The summed E-state index contributed by atoms with van der Waals surface area (Å²) in [5.74, 6) is 0. The van der Waals surface area contributed by atoms with Crippen molar-refractivity contribution in [1.82, 2.24) is 0 Å². The normalized spacial score (nSPS) is 11.3. The highest BCUT2D eigenvalue weighted by atomic mass is 14.2. The van der Waals surface area contributed by atoms with Crippen LogP contribution < -0.4 is 0 Å². The summed E-state index contributed by atoms with van der Waals surface area (Å²) in [6, 6.07) is 9.73. The van der Waals surface area contributed by atoms with Crippen LogP contribution in [0, 0.1) is 11.3 Å². The molecule has 0 fully saturated rings. The molecule has 0 amide bonds. The van der Waals surface area contributed by atoms with Crippen LogP contribution in [0.5, 0.6) is 0 Å². The highest BCUT2D eigenvalue weighted by Gasteiger charge is 2.02. The molecule has 1 aromatic carbocycles. The Balaban J connectivity index is 3.29. The van der Waals surface area contributed by atoms with E-state index in [1.165, 1.54) is 0 Å². The van der Waals surface area contributed by atoms with Crippen LogP contribution >= 0.6 is 0 Å². The summed E-state index contributed by atoms with van der Waals surface area (Å²) in [5, 5.41) is 8.98. The van der Waals surface area contributed by atoms with Crippen molar-refractivity contribution >= 4 is 5.57 Å². The third-order valence-corrected chi connectivity index (χ3v) is 2.00. The van der Waals surface area contributed by atoms with Gasteiger partial charge in [-0.05, 0) is 24.1 Å². The number of nitrogens with zero attached hydrogens (tertiary/aromatic N) is 1. The Morgan fingerprint density at radius 1 is 1.40 bits per heavy atom. The van der Waals surface area contributed by atoms with Gasteiger partial charge in [-0.3, -0.25) is 0 Å². The van der Waals surface area contributed by atoms with Gasteiger partial charge in [0.2, 0.25) is 0 Å². The van der Waals surface area contributed by atoms with E-state index in [1.807, 2.05) is 49.4 Å². The van der Waals surface area contributed by atoms with Gasteiger partial charge >= 0.3 is 0 Å². The van der Waals surface area contributed by atoms with Crippen LogP contribution in [0.2, 0.25) is 0 Å². The molecule has 15 heavy (non-hydrogen) atoms. The van der Waals surface area contributed by atoms with E-state index in [0.29, 0.717) is 5.56 Å². The summed E-state index contributed by atoms with van der Waals surface area (Å²) in [6.07, 6.45) is 7.54. The van der Waals surface area contributed by atoms with Crippen molar-refractivity contribution in [1.29, 1.82) is 5.26 Å². The van der Waals surface area contributed by atoms with Gasteiger partial charge in [-0.2, -0.15) is 5.26 Å². The third kappa shape index (κ3) is 2.69. The molecule has 0 aromatic heterocycles. The van der Waals surface area contributed by atoms with Gasteiger partial charge in [0, 0.05) is 0 Å². The highest BCUT2D eigenvalue weighted by molar-refractivity contribution is 5.78. The summed E-state index contributed by atoms with van der Waals surface area (Å²) in [5.41, 5.74) is 2.63. The smallest absolute Gasteiger partial charge is 0.0998 e. The first-order valence-electron chi connectivity index (χ1n) is 4.78. The molecule has 1 nitrogen and oxygen atoms in total. The molecule has 0 unspecified atom stereocenters. The van der Waals surface area contributed by atoms with Gasteiger partial charge in [0.15, 0.2) is 0 Å². The second-order valence-corrected chi connectivity index (χ2v) is 3.02. The lowest BCUT2D eigenvalue weighted by atomic mass is 9.99. The average Bonchev–Trinajstić information content (AvgIpc) is 2.29. The quantitative estimate of drug-likeness (QED) is 0.674. The lowest BCUT2D eigenvalue weighted by Crippen LogP contribution is -1.86. The second-order valence-electron chi connectivity index (χ2n) is 3.02. The molecule has 1 heteroatoms. The summed E-state index contributed by atoms with van der Waals surface area (Å²) in [4.78, 5) is 0. The molecule has 0 aliphatic rings. The van der Waals surface area contributed by atoms with Gasteiger partial charge < -0.3 is 0 Å². The lowest BCUT2D eigenvalue weighted by Gasteiger charge is -2.03. The fourth-order valence-electron chi connectivity index (χ4n) is 1.37. The summed E-state index contributed by atoms with van der Waals surface area (Å²) >= 11 is 0. The van der Waals surface area contributed by atoms with Crippen molar-refractivity contribution in [2.24, 2.45) is 0 Å². The van der Waals surface area contributed by atoms with Crippen LogP contribution in [0.4, 0.5) is 0 Å². The second kappa shape index (κ2) is 5.62. The fourth-order valence-corrected chi connectivity index (χ4v) is 1.37. The first-order valence-corrected chi connectivity index (χ1v) is 4.78. The number of hydrogen-bond donors (Lipinski definition) is 0. The number of hydrogen-bond acceptors (Lipinski definition) is 1. The van der Waals surface area contributed by atoms with E-state index in [1.54, 1.807) is 6.08 Å². The van der Waals surface area contributed by atoms with Crippen molar-refractivity contribution in [3.63, 3.8) is 0 Å². The minimum atomic E-state index is 0.684. The maximum atomic E-state index is 8.98. The Morgan fingerprint density at radius 2 is 2.13 bits per heavy atom. The minimum absolute atomic E-state index is 0.684. The van der Waals surface area contributed by atoms with E-state index >= 15 is 0 Å². The van der Waals surface area contributed by atoms with Gasteiger partial charge in [0.05, 0.1) is 11.6 Å². The monoisotopic (exact) mass is 195 g/mol. The van der Waals surface area contributed by atoms with Gasteiger partial charge in [-0.25, -0.2) is 0 Å². The van der Waals surface area contributed by atoms with Gasteiger partial charge in [-0.1, -0.05) is 49.1 Å². The van der Waals surface area contributed by atoms with E-state index in [-0.39, 0.29) is 0 Å². The van der Waals surface area contributed by atoms with E-state index in [0.717, 1.165) is 11.1 Å². The fraction of sp³-hybridized carbons (Fsp3) is 0.0714. The lowest BCUT2D eigenvalue weighted by molar-refractivity contribution is 1.46. The Bertz CT molecular complexity index is 445. The van der Waals surface area contributed by atoms with Crippen LogP contribution in [-0.2, 0) is 0 Å². The Morgan fingerprint density at radius 3 is 2.73 bits per heavy atom. The molecule has 0 radical (unpaired) electrons. The molecule has 1 aromatic rings. The molecule has 0 heterocycles. The SMILES string of the molecule is C=C/C=C(\C=C/C)c1ccccc1C#N. The molecule has 0 spiro atoms. The molecule has 0 bridgehead atoms. The van der Waals surface area contributed by atoms with Crippen molar-refractivity contribution in [2.45, 2.75) is 6.92 Å². The number of allylic oxidation sites excluding steroid dienone is 5. The first kappa shape index (κ1) is 11.0. The average molecular weight is 195 g/mol. The predicted octanol–water partition coefficient (Wildman–Crippen LogP) is 3.70. The predicted molar refractivity (Wildman–Crippen MR) is 64.1 cm³/mol. The maximum absolute atomic E-state index is 8.98. The molecule has 0 aliphatic carbocycles. The zero-order chi connectivity index (χ0) is 11.1. The summed E-state index contributed by atoms with van der Waals surface area (Å²) < 4.78 is 0. The van der Waals surface area contributed by atoms with Crippen LogP contribution in [-0.4, -0.2) is 0 Å². The zero-order valence-electron chi connectivity index (χ0n) is 8.77. The largest absolute Gasteiger partial charge is 0.192 e. The van der Waals surface area contributed by atoms with Crippen LogP contribution in [0.15, 0.2) is 55.1 Å². The van der Waals surface area contributed by atoms with Crippen LogP contribution in [0.3, 0.4) is 0 Å². The molecule has 74 valence electrons. The molecule has 1 rings (SSSR count). The van der Waals surface area contributed by atoms with Crippen molar-refractivity contribution in [3.05, 3.63) is 66.3 Å². The Hall–Kier alpha value is -2.07. The van der Waals surface area contributed by atoms with E-state index < -0.39 is 0 Å². The number of benzene rings is 1.